The number of nitrogens with zero attached hydrogens (tertiary/aromatic N) is 5. The van der Waals surface area contributed by atoms with E-state index in [9.17, 15) is 4.79 Å². The van der Waals surface area contributed by atoms with Crippen LogP contribution in [-0.2, 0) is 4.79 Å². The molecule has 0 radical (unpaired) electrons. The molecule has 0 aliphatic carbocycles. The van der Waals surface area contributed by atoms with Crippen molar-refractivity contribution in [3.63, 3.8) is 0 Å². The second-order valence-corrected chi connectivity index (χ2v) is 7.62. The van der Waals surface area contributed by atoms with Gasteiger partial charge in [0.1, 0.15) is 0 Å². The predicted molar refractivity (Wildman–Crippen MR) is 107 cm³/mol. The van der Waals surface area contributed by atoms with Crippen LogP contribution in [0.25, 0.3) is 5.69 Å². The number of pyridine rings is 1. The van der Waals surface area contributed by atoms with Crippen molar-refractivity contribution in [3.8, 4) is 5.69 Å². The van der Waals surface area contributed by atoms with Gasteiger partial charge in [-0.05, 0) is 60.5 Å². The molecule has 1 aromatic carbocycles. The zero-order chi connectivity index (χ0) is 19.6. The molecule has 0 saturated heterocycles. The lowest BCUT2D eigenvalue weighted by Gasteiger charge is -2.09. The summed E-state index contributed by atoms with van der Waals surface area (Å²) in [5, 5.41) is 15.6. The fourth-order valence-electron chi connectivity index (χ4n) is 2.23. The van der Waals surface area contributed by atoms with E-state index in [1.54, 1.807) is 17.7 Å². The van der Waals surface area contributed by atoms with Gasteiger partial charge in [0.15, 0.2) is 5.82 Å². The standard InChI is InChI=1S/C17H16Cl2N6OS/c1-9-4-5-12(6-10(9)2)25-17(22-23-24-25)27-8-15(26)21-16-14(19)7-13(18)11(3)20-16/h4-7H,8H2,1-3H3,(H,20,21,26). The molecule has 3 rings (SSSR count). The first kappa shape index (κ1) is 19.6. The van der Waals surface area contributed by atoms with Crippen molar-refractivity contribution in [1.82, 2.24) is 25.2 Å². The van der Waals surface area contributed by atoms with E-state index >= 15 is 0 Å². The van der Waals surface area contributed by atoms with Crippen LogP contribution in [0.2, 0.25) is 10.0 Å². The highest BCUT2D eigenvalue weighted by Crippen LogP contribution is 2.26. The van der Waals surface area contributed by atoms with Gasteiger partial charge in [-0.2, -0.15) is 4.68 Å². The quantitative estimate of drug-likeness (QED) is 0.624. The predicted octanol–water partition coefficient (Wildman–Crippen LogP) is 4.02. The first-order valence-electron chi connectivity index (χ1n) is 7.96. The first-order chi connectivity index (χ1) is 12.8. The average Bonchev–Trinajstić information content (AvgIpc) is 3.09. The molecule has 0 unspecified atom stereocenters. The van der Waals surface area contributed by atoms with Crippen molar-refractivity contribution in [1.29, 1.82) is 0 Å². The number of benzene rings is 1. The molecule has 140 valence electrons. The van der Waals surface area contributed by atoms with E-state index in [-0.39, 0.29) is 22.5 Å². The number of thioether (sulfide) groups is 1. The van der Waals surface area contributed by atoms with Crippen LogP contribution >= 0.6 is 35.0 Å². The lowest BCUT2D eigenvalue weighted by molar-refractivity contribution is -0.113. The van der Waals surface area contributed by atoms with Crippen LogP contribution in [0, 0.1) is 20.8 Å². The Labute approximate surface area is 170 Å². The molecule has 1 amide bonds. The Morgan fingerprint density at radius 3 is 2.67 bits per heavy atom. The van der Waals surface area contributed by atoms with Gasteiger partial charge in [-0.3, -0.25) is 4.79 Å². The van der Waals surface area contributed by atoms with Crippen molar-refractivity contribution < 1.29 is 4.79 Å². The molecule has 3 aromatic rings. The molecule has 0 spiro atoms. The highest BCUT2D eigenvalue weighted by Gasteiger charge is 2.14. The van der Waals surface area contributed by atoms with Crippen LogP contribution < -0.4 is 5.32 Å². The van der Waals surface area contributed by atoms with Crippen LogP contribution in [-0.4, -0.2) is 36.9 Å². The summed E-state index contributed by atoms with van der Waals surface area (Å²) >= 11 is 13.2. The molecule has 0 aliphatic heterocycles. The summed E-state index contributed by atoms with van der Waals surface area (Å²) in [6.07, 6.45) is 0. The van der Waals surface area contributed by atoms with Crippen LogP contribution in [0.15, 0.2) is 29.4 Å². The van der Waals surface area contributed by atoms with Gasteiger partial charge in [0, 0.05) is 0 Å². The Morgan fingerprint density at radius 1 is 1.15 bits per heavy atom. The normalized spacial score (nSPS) is 10.9. The topological polar surface area (TPSA) is 85.6 Å². The second kappa shape index (κ2) is 8.24. The summed E-state index contributed by atoms with van der Waals surface area (Å²) in [5.74, 6) is 0.105. The summed E-state index contributed by atoms with van der Waals surface area (Å²) in [7, 11) is 0. The highest BCUT2D eigenvalue weighted by atomic mass is 35.5. The van der Waals surface area contributed by atoms with E-state index < -0.39 is 0 Å². The second-order valence-electron chi connectivity index (χ2n) is 5.86. The highest BCUT2D eigenvalue weighted by molar-refractivity contribution is 7.99. The van der Waals surface area contributed by atoms with E-state index in [1.165, 1.54) is 17.3 Å². The smallest absolute Gasteiger partial charge is 0.236 e. The third kappa shape index (κ3) is 4.58. The Morgan fingerprint density at radius 2 is 1.93 bits per heavy atom. The summed E-state index contributed by atoms with van der Waals surface area (Å²) in [6, 6.07) is 7.48. The molecule has 0 saturated carbocycles. The van der Waals surface area contributed by atoms with Gasteiger partial charge in [-0.25, -0.2) is 4.98 Å². The monoisotopic (exact) mass is 422 g/mol. The number of nitrogens with one attached hydrogen (secondary N) is 1. The van der Waals surface area contributed by atoms with Gasteiger partial charge in [0.25, 0.3) is 0 Å². The fraction of sp³-hybridized carbons (Fsp3) is 0.235. The lowest BCUT2D eigenvalue weighted by Crippen LogP contribution is -2.16. The molecule has 2 aromatic heterocycles. The first-order valence-corrected chi connectivity index (χ1v) is 9.70. The molecule has 0 atom stereocenters. The number of tetrazole rings is 1. The molecular weight excluding hydrogens is 407 g/mol. The van der Waals surface area contributed by atoms with Gasteiger partial charge >= 0.3 is 0 Å². The maximum Gasteiger partial charge on any atom is 0.236 e. The van der Waals surface area contributed by atoms with Crippen molar-refractivity contribution >= 4 is 46.7 Å². The largest absolute Gasteiger partial charge is 0.309 e. The molecule has 0 aliphatic rings. The van der Waals surface area contributed by atoms with E-state index in [4.69, 9.17) is 23.2 Å². The average molecular weight is 423 g/mol. The molecule has 27 heavy (non-hydrogen) atoms. The van der Waals surface area contributed by atoms with E-state index in [0.29, 0.717) is 15.9 Å². The number of aryl methyl sites for hydroxylation is 3. The summed E-state index contributed by atoms with van der Waals surface area (Å²) in [6.45, 7) is 5.80. The van der Waals surface area contributed by atoms with Crippen molar-refractivity contribution in [2.45, 2.75) is 25.9 Å². The Bertz CT molecular complexity index is 1010. The molecule has 1 N–H and O–H groups in total. The van der Waals surface area contributed by atoms with E-state index in [2.05, 4.69) is 25.8 Å². The van der Waals surface area contributed by atoms with Gasteiger partial charge in [-0.1, -0.05) is 41.0 Å². The maximum absolute atomic E-state index is 12.3. The number of halogens is 2. The molecular formula is C17H16Cl2N6OS. The minimum atomic E-state index is -0.272. The summed E-state index contributed by atoms with van der Waals surface area (Å²) < 4.78 is 1.60. The summed E-state index contributed by atoms with van der Waals surface area (Å²) in [4.78, 5) is 16.5. The van der Waals surface area contributed by atoms with Crippen LogP contribution in [0.1, 0.15) is 16.8 Å². The maximum atomic E-state index is 12.3. The van der Waals surface area contributed by atoms with Crippen LogP contribution in [0.5, 0.6) is 0 Å². The fourth-order valence-corrected chi connectivity index (χ4v) is 3.33. The van der Waals surface area contributed by atoms with Crippen LogP contribution in [0.4, 0.5) is 5.82 Å². The molecule has 2 heterocycles. The number of rotatable bonds is 5. The number of amides is 1. The zero-order valence-corrected chi connectivity index (χ0v) is 17.2. The number of carbonyl (C=O) groups is 1. The minimum Gasteiger partial charge on any atom is -0.309 e. The Kier molecular flexibility index (Phi) is 5.98. The molecule has 7 nitrogen and oxygen atoms in total. The number of aromatic nitrogens is 5. The van der Waals surface area contributed by atoms with E-state index in [0.717, 1.165) is 11.3 Å². The third-order valence-electron chi connectivity index (χ3n) is 3.87. The summed E-state index contributed by atoms with van der Waals surface area (Å²) in [5.41, 5.74) is 3.74. The van der Waals surface area contributed by atoms with Gasteiger partial charge in [0.05, 0.1) is 27.2 Å². The number of hydrogen-bond acceptors (Lipinski definition) is 6. The van der Waals surface area contributed by atoms with Crippen LogP contribution in [0.3, 0.4) is 0 Å². The van der Waals surface area contributed by atoms with Gasteiger partial charge in [0.2, 0.25) is 11.1 Å². The zero-order valence-electron chi connectivity index (χ0n) is 14.8. The number of hydrogen-bond donors (Lipinski definition) is 1. The third-order valence-corrected chi connectivity index (χ3v) is 5.46. The minimum absolute atomic E-state index is 0.102. The van der Waals surface area contributed by atoms with Crippen molar-refractivity contribution in [2.24, 2.45) is 0 Å². The van der Waals surface area contributed by atoms with E-state index in [1.807, 2.05) is 32.0 Å². The Hall–Kier alpha value is -2.16. The number of carbonyl (C=O) groups excluding carboxylic acids is 1. The van der Waals surface area contributed by atoms with Crippen molar-refractivity contribution in [3.05, 3.63) is 51.1 Å². The van der Waals surface area contributed by atoms with Gasteiger partial charge in [-0.15, -0.1) is 5.10 Å². The Balaban J connectivity index is 1.69. The lowest BCUT2D eigenvalue weighted by atomic mass is 10.1. The molecule has 10 heteroatoms. The SMILES string of the molecule is Cc1ccc(-n2nnnc2SCC(=O)Nc2nc(C)c(Cl)cc2Cl)cc1C. The van der Waals surface area contributed by atoms with Gasteiger partial charge < -0.3 is 5.32 Å². The number of anilines is 1. The molecule has 0 bridgehead atoms. The van der Waals surface area contributed by atoms with Crippen molar-refractivity contribution in [2.75, 3.05) is 11.1 Å². The molecule has 0 fully saturated rings.